The number of aryl methyl sites for hydroxylation is 1. The van der Waals surface area contributed by atoms with Crippen molar-refractivity contribution in [1.29, 1.82) is 0 Å². The van der Waals surface area contributed by atoms with Crippen molar-refractivity contribution < 1.29 is 4.74 Å². The lowest BCUT2D eigenvalue weighted by atomic mass is 10.1. The lowest BCUT2D eigenvalue weighted by Gasteiger charge is -2.15. The average molecular weight is 355 g/mol. The first-order chi connectivity index (χ1) is 9.60. The van der Waals surface area contributed by atoms with Crippen LogP contribution in [0.25, 0.3) is 0 Å². The second-order valence-electron chi connectivity index (χ2n) is 4.66. The van der Waals surface area contributed by atoms with E-state index in [0.717, 1.165) is 38.5 Å². The Balaban J connectivity index is 2.20. The van der Waals surface area contributed by atoms with Gasteiger partial charge in [0.15, 0.2) is 0 Å². The molecule has 2 rings (SSSR count). The zero-order valence-corrected chi connectivity index (χ0v) is 13.9. The predicted molar refractivity (Wildman–Crippen MR) is 87.4 cm³/mol. The fourth-order valence-electron chi connectivity index (χ4n) is 2.11. The first-order valence-electron chi connectivity index (χ1n) is 6.41. The van der Waals surface area contributed by atoms with Crippen molar-refractivity contribution in [2.24, 2.45) is 0 Å². The molecule has 20 heavy (non-hydrogen) atoms. The molecule has 0 aliphatic carbocycles. The molecule has 0 atom stereocenters. The van der Waals surface area contributed by atoms with Crippen LogP contribution in [0.4, 0.5) is 0 Å². The highest BCUT2D eigenvalue weighted by atomic mass is 79.9. The Morgan fingerprint density at radius 1 is 1.25 bits per heavy atom. The topological polar surface area (TPSA) is 21.3 Å². The molecule has 0 saturated carbocycles. The Morgan fingerprint density at radius 3 is 2.75 bits per heavy atom. The number of hydrogen-bond donors (Lipinski definition) is 1. The molecular weight excluding hydrogens is 338 g/mol. The van der Waals surface area contributed by atoms with Crippen LogP contribution in [-0.2, 0) is 13.2 Å². The monoisotopic (exact) mass is 353 g/mol. The van der Waals surface area contributed by atoms with Crippen LogP contribution < -0.4 is 10.1 Å². The number of benzene rings is 2. The molecule has 0 saturated heterocycles. The third-order valence-corrected chi connectivity index (χ3v) is 3.65. The fourth-order valence-corrected chi connectivity index (χ4v) is 2.94. The Labute approximate surface area is 133 Å². The Bertz CT molecular complexity index is 601. The van der Waals surface area contributed by atoms with Crippen LogP contribution in [0, 0.1) is 6.92 Å². The first-order valence-corrected chi connectivity index (χ1v) is 7.58. The summed E-state index contributed by atoms with van der Waals surface area (Å²) in [6.07, 6.45) is 0. The van der Waals surface area contributed by atoms with Gasteiger partial charge in [0, 0.05) is 21.6 Å². The van der Waals surface area contributed by atoms with Crippen LogP contribution >= 0.6 is 27.5 Å². The second kappa shape index (κ2) is 7.11. The normalized spacial score (nSPS) is 10.6. The van der Waals surface area contributed by atoms with Gasteiger partial charge in [-0.15, -0.1) is 0 Å². The highest BCUT2D eigenvalue weighted by Crippen LogP contribution is 2.29. The molecule has 0 aliphatic heterocycles. The molecule has 0 radical (unpaired) electrons. The second-order valence-corrected chi connectivity index (χ2v) is 6.01. The van der Waals surface area contributed by atoms with Gasteiger partial charge in [-0.3, -0.25) is 0 Å². The van der Waals surface area contributed by atoms with Crippen LogP contribution in [-0.4, -0.2) is 7.05 Å². The van der Waals surface area contributed by atoms with E-state index in [-0.39, 0.29) is 0 Å². The van der Waals surface area contributed by atoms with Crippen molar-refractivity contribution >= 4 is 27.5 Å². The van der Waals surface area contributed by atoms with E-state index in [0.29, 0.717) is 6.61 Å². The molecule has 0 spiro atoms. The van der Waals surface area contributed by atoms with E-state index in [1.165, 1.54) is 0 Å². The van der Waals surface area contributed by atoms with E-state index in [1.54, 1.807) is 0 Å². The van der Waals surface area contributed by atoms with Crippen LogP contribution in [0.3, 0.4) is 0 Å². The van der Waals surface area contributed by atoms with Gasteiger partial charge in [0.1, 0.15) is 12.4 Å². The molecule has 2 aromatic rings. The summed E-state index contributed by atoms with van der Waals surface area (Å²) in [6, 6.07) is 11.9. The van der Waals surface area contributed by atoms with Crippen molar-refractivity contribution in [3.8, 4) is 5.75 Å². The van der Waals surface area contributed by atoms with Gasteiger partial charge in [-0.1, -0.05) is 39.7 Å². The summed E-state index contributed by atoms with van der Waals surface area (Å²) in [5, 5.41) is 3.89. The summed E-state index contributed by atoms with van der Waals surface area (Å²) in [6.45, 7) is 3.34. The van der Waals surface area contributed by atoms with Crippen molar-refractivity contribution in [2.75, 3.05) is 7.05 Å². The highest BCUT2D eigenvalue weighted by molar-refractivity contribution is 9.10. The zero-order valence-electron chi connectivity index (χ0n) is 11.5. The van der Waals surface area contributed by atoms with Crippen molar-refractivity contribution in [1.82, 2.24) is 5.32 Å². The number of nitrogens with one attached hydrogen (secondary N) is 1. The number of halogens is 2. The van der Waals surface area contributed by atoms with E-state index in [2.05, 4.69) is 40.3 Å². The minimum absolute atomic E-state index is 0.514. The van der Waals surface area contributed by atoms with Crippen LogP contribution in [0.2, 0.25) is 5.02 Å². The van der Waals surface area contributed by atoms with Crippen molar-refractivity contribution in [2.45, 2.75) is 20.1 Å². The summed E-state index contributed by atoms with van der Waals surface area (Å²) in [4.78, 5) is 0. The van der Waals surface area contributed by atoms with Crippen molar-refractivity contribution in [3.63, 3.8) is 0 Å². The standard InChI is InChI=1S/C16H17BrClNO/c1-11-6-14(17)8-13(9-19-2)16(11)20-10-12-4-3-5-15(18)7-12/h3-8,19H,9-10H2,1-2H3. The molecule has 106 valence electrons. The maximum Gasteiger partial charge on any atom is 0.127 e. The highest BCUT2D eigenvalue weighted by Gasteiger charge is 2.09. The molecule has 4 heteroatoms. The Hall–Kier alpha value is -1.03. The van der Waals surface area contributed by atoms with Gasteiger partial charge in [0.05, 0.1) is 0 Å². The molecule has 0 aromatic heterocycles. The lowest BCUT2D eigenvalue weighted by Crippen LogP contribution is -2.08. The van der Waals surface area contributed by atoms with E-state index in [1.807, 2.05) is 31.3 Å². The van der Waals surface area contributed by atoms with Gasteiger partial charge in [-0.2, -0.15) is 0 Å². The average Bonchev–Trinajstić information content (AvgIpc) is 2.38. The number of ether oxygens (including phenoxy) is 1. The summed E-state index contributed by atoms with van der Waals surface area (Å²) in [5.74, 6) is 0.933. The van der Waals surface area contributed by atoms with Gasteiger partial charge in [0.25, 0.3) is 0 Å². The molecule has 0 amide bonds. The smallest absolute Gasteiger partial charge is 0.127 e. The lowest BCUT2D eigenvalue weighted by molar-refractivity contribution is 0.300. The molecule has 2 nitrogen and oxygen atoms in total. The fraction of sp³-hybridized carbons (Fsp3) is 0.250. The largest absolute Gasteiger partial charge is 0.488 e. The SMILES string of the molecule is CNCc1cc(Br)cc(C)c1OCc1cccc(Cl)c1. The molecular formula is C16H17BrClNO. The number of rotatable bonds is 5. The number of hydrogen-bond acceptors (Lipinski definition) is 2. The summed E-state index contributed by atoms with van der Waals surface area (Å²) in [7, 11) is 1.93. The maximum absolute atomic E-state index is 6.00. The minimum atomic E-state index is 0.514. The van der Waals surface area contributed by atoms with Gasteiger partial charge in [-0.25, -0.2) is 0 Å². The molecule has 1 N–H and O–H groups in total. The predicted octanol–water partition coefficient (Wildman–Crippen LogP) is 4.71. The van der Waals surface area contributed by atoms with Gasteiger partial charge >= 0.3 is 0 Å². The van der Waals surface area contributed by atoms with Crippen molar-refractivity contribution in [3.05, 3.63) is 62.6 Å². The Kier molecular flexibility index (Phi) is 5.46. The molecule has 0 aliphatic rings. The minimum Gasteiger partial charge on any atom is -0.488 e. The van der Waals surface area contributed by atoms with Crippen LogP contribution in [0.5, 0.6) is 5.75 Å². The molecule has 0 unspecified atom stereocenters. The van der Waals surface area contributed by atoms with E-state index >= 15 is 0 Å². The third kappa shape index (κ3) is 3.98. The van der Waals surface area contributed by atoms with Crippen LogP contribution in [0.1, 0.15) is 16.7 Å². The third-order valence-electron chi connectivity index (χ3n) is 2.96. The maximum atomic E-state index is 6.00. The van der Waals surface area contributed by atoms with Gasteiger partial charge in [0.2, 0.25) is 0 Å². The quantitative estimate of drug-likeness (QED) is 0.839. The van der Waals surface area contributed by atoms with E-state index in [4.69, 9.17) is 16.3 Å². The van der Waals surface area contributed by atoms with E-state index in [9.17, 15) is 0 Å². The molecule has 2 aromatic carbocycles. The molecule has 0 bridgehead atoms. The summed E-state index contributed by atoms with van der Waals surface area (Å²) >= 11 is 9.51. The van der Waals surface area contributed by atoms with Gasteiger partial charge < -0.3 is 10.1 Å². The molecule has 0 fully saturated rings. The van der Waals surface area contributed by atoms with Crippen LogP contribution in [0.15, 0.2) is 40.9 Å². The van der Waals surface area contributed by atoms with Gasteiger partial charge in [-0.05, 0) is 49.4 Å². The zero-order chi connectivity index (χ0) is 14.5. The summed E-state index contributed by atoms with van der Waals surface area (Å²) in [5.41, 5.74) is 3.32. The van der Waals surface area contributed by atoms with E-state index < -0.39 is 0 Å². The Morgan fingerprint density at radius 2 is 2.05 bits per heavy atom. The molecule has 0 heterocycles. The summed E-state index contributed by atoms with van der Waals surface area (Å²) < 4.78 is 7.06. The first kappa shape index (κ1) is 15.4.